The number of methoxy groups -OCH3 is 1. The summed E-state index contributed by atoms with van der Waals surface area (Å²) in [6.07, 6.45) is 0. The van der Waals surface area contributed by atoms with Crippen LogP contribution in [0, 0.1) is 5.82 Å². The molecular weight excluding hydrogens is 363 g/mol. The Morgan fingerprint density at radius 3 is 2.57 bits per heavy atom. The Morgan fingerprint density at radius 2 is 1.86 bits per heavy atom. The number of ether oxygens (including phenoxy) is 1. The molecule has 28 heavy (non-hydrogen) atoms. The van der Waals surface area contributed by atoms with Crippen LogP contribution in [0.2, 0.25) is 0 Å². The van der Waals surface area contributed by atoms with Crippen molar-refractivity contribution < 1.29 is 18.7 Å². The lowest BCUT2D eigenvalue weighted by molar-refractivity contribution is -0.125. The summed E-state index contributed by atoms with van der Waals surface area (Å²) >= 11 is 0. The van der Waals surface area contributed by atoms with Crippen LogP contribution >= 0.6 is 0 Å². The molecule has 0 radical (unpaired) electrons. The molecule has 0 aliphatic heterocycles. The van der Waals surface area contributed by atoms with Gasteiger partial charge in [0.2, 0.25) is 11.8 Å². The van der Waals surface area contributed by atoms with Gasteiger partial charge in [-0.15, -0.1) is 0 Å². The molecule has 0 saturated heterocycles. The van der Waals surface area contributed by atoms with E-state index >= 15 is 0 Å². The number of amides is 2. The zero-order valence-corrected chi connectivity index (χ0v) is 15.6. The second kappa shape index (κ2) is 8.62. The third kappa shape index (κ3) is 4.52. The third-order valence-electron chi connectivity index (χ3n) is 4.15. The minimum Gasteiger partial charge on any atom is -0.375 e. The van der Waals surface area contributed by atoms with Gasteiger partial charge in [0.15, 0.2) is 0 Å². The Labute approximate surface area is 161 Å². The predicted octanol–water partition coefficient (Wildman–Crippen LogP) is 2.64. The van der Waals surface area contributed by atoms with Gasteiger partial charge in [-0.2, -0.15) is 0 Å². The van der Waals surface area contributed by atoms with Gasteiger partial charge in [-0.05, 0) is 43.3 Å². The number of aromatic nitrogens is 2. The maximum absolute atomic E-state index is 13.0. The Bertz CT molecular complexity index is 985. The first-order chi connectivity index (χ1) is 13.5. The molecule has 146 valence electrons. The van der Waals surface area contributed by atoms with E-state index in [1.807, 2.05) is 24.3 Å². The van der Waals surface area contributed by atoms with E-state index < -0.39 is 6.04 Å². The maximum Gasteiger partial charge on any atom is 0.246 e. The van der Waals surface area contributed by atoms with Crippen molar-refractivity contribution in [1.29, 1.82) is 0 Å². The van der Waals surface area contributed by atoms with Gasteiger partial charge in [-0.1, -0.05) is 12.1 Å². The van der Waals surface area contributed by atoms with E-state index in [0.717, 1.165) is 11.0 Å². The normalized spacial score (nSPS) is 12.0. The highest BCUT2D eigenvalue weighted by molar-refractivity contribution is 5.91. The summed E-state index contributed by atoms with van der Waals surface area (Å²) in [5.74, 6) is -0.378. The van der Waals surface area contributed by atoms with Crippen molar-refractivity contribution in [1.82, 2.24) is 14.9 Å². The average Bonchev–Trinajstić information content (AvgIpc) is 3.02. The summed E-state index contributed by atoms with van der Waals surface area (Å²) in [5, 5.41) is 5.54. The van der Waals surface area contributed by atoms with E-state index in [9.17, 15) is 14.0 Å². The monoisotopic (exact) mass is 384 g/mol. The van der Waals surface area contributed by atoms with Crippen molar-refractivity contribution in [3.05, 3.63) is 60.2 Å². The molecule has 0 spiro atoms. The van der Waals surface area contributed by atoms with Crippen molar-refractivity contribution in [2.45, 2.75) is 19.5 Å². The number of hydrogen-bond donors (Lipinski definition) is 2. The van der Waals surface area contributed by atoms with Crippen LogP contribution < -0.4 is 10.6 Å². The third-order valence-corrected chi connectivity index (χ3v) is 4.15. The Hall–Kier alpha value is -3.26. The SMILES string of the molecule is COCC(=O)NC(C)c1nc2ccccc2n1CC(=O)Nc1ccc(F)cc1. The van der Waals surface area contributed by atoms with Gasteiger partial charge in [0.25, 0.3) is 0 Å². The molecular formula is C20H21FN4O3. The molecule has 3 rings (SSSR count). The topological polar surface area (TPSA) is 85.2 Å². The number of carbonyl (C=O) groups is 2. The minimum atomic E-state index is -0.423. The molecule has 2 aromatic carbocycles. The fourth-order valence-electron chi connectivity index (χ4n) is 2.95. The van der Waals surface area contributed by atoms with Gasteiger partial charge in [0.05, 0.1) is 17.1 Å². The quantitative estimate of drug-likeness (QED) is 0.656. The number of para-hydroxylation sites is 2. The van der Waals surface area contributed by atoms with Crippen molar-refractivity contribution in [2.24, 2.45) is 0 Å². The fourth-order valence-corrected chi connectivity index (χ4v) is 2.95. The number of carbonyl (C=O) groups excluding carboxylic acids is 2. The zero-order valence-electron chi connectivity index (χ0n) is 15.6. The van der Waals surface area contributed by atoms with Crippen LogP contribution in [-0.2, 0) is 20.9 Å². The number of nitrogens with one attached hydrogen (secondary N) is 2. The molecule has 2 N–H and O–H groups in total. The molecule has 1 atom stereocenters. The predicted molar refractivity (Wildman–Crippen MR) is 103 cm³/mol. The first kappa shape index (κ1) is 19.5. The number of fused-ring (bicyclic) bond motifs is 1. The summed E-state index contributed by atoms with van der Waals surface area (Å²) in [6, 6.07) is 12.5. The van der Waals surface area contributed by atoms with Gasteiger partial charge in [-0.25, -0.2) is 9.37 Å². The smallest absolute Gasteiger partial charge is 0.246 e. The summed E-state index contributed by atoms with van der Waals surface area (Å²) in [4.78, 5) is 29.0. The molecule has 7 nitrogen and oxygen atoms in total. The average molecular weight is 384 g/mol. The van der Waals surface area contributed by atoms with Gasteiger partial charge < -0.3 is 19.9 Å². The number of halogens is 1. The summed E-state index contributed by atoms with van der Waals surface area (Å²) < 4.78 is 19.6. The first-order valence-electron chi connectivity index (χ1n) is 8.77. The second-order valence-corrected chi connectivity index (χ2v) is 6.32. The molecule has 0 fully saturated rings. The maximum atomic E-state index is 13.0. The number of anilines is 1. The zero-order chi connectivity index (χ0) is 20.1. The lowest BCUT2D eigenvalue weighted by Gasteiger charge is -2.16. The van der Waals surface area contributed by atoms with E-state index in [2.05, 4.69) is 15.6 Å². The van der Waals surface area contributed by atoms with E-state index in [-0.39, 0.29) is 30.8 Å². The number of nitrogens with zero attached hydrogens (tertiary/aromatic N) is 2. The van der Waals surface area contributed by atoms with Crippen LogP contribution in [0.4, 0.5) is 10.1 Å². The fraction of sp³-hybridized carbons (Fsp3) is 0.250. The van der Waals surface area contributed by atoms with Gasteiger partial charge >= 0.3 is 0 Å². The molecule has 0 bridgehead atoms. The molecule has 2 amide bonds. The second-order valence-electron chi connectivity index (χ2n) is 6.32. The number of hydrogen-bond acceptors (Lipinski definition) is 4. The molecule has 8 heteroatoms. The molecule has 3 aromatic rings. The number of benzene rings is 2. The Kier molecular flexibility index (Phi) is 6.00. The van der Waals surface area contributed by atoms with Crippen LogP contribution in [0.5, 0.6) is 0 Å². The largest absolute Gasteiger partial charge is 0.375 e. The standard InChI is InChI=1S/C20H21FN4O3/c1-13(22-19(27)12-28-2)20-24-16-5-3-4-6-17(16)25(20)11-18(26)23-15-9-7-14(21)8-10-15/h3-10,13H,11-12H2,1-2H3,(H,22,27)(H,23,26). The molecule has 1 heterocycles. The molecule has 0 saturated carbocycles. The van der Waals surface area contributed by atoms with Crippen LogP contribution in [-0.4, -0.2) is 35.1 Å². The van der Waals surface area contributed by atoms with E-state index in [4.69, 9.17) is 4.74 Å². The highest BCUT2D eigenvalue weighted by Crippen LogP contribution is 2.21. The van der Waals surface area contributed by atoms with E-state index in [0.29, 0.717) is 11.5 Å². The van der Waals surface area contributed by atoms with Gasteiger partial charge in [0, 0.05) is 12.8 Å². The van der Waals surface area contributed by atoms with Gasteiger partial charge in [0.1, 0.15) is 24.8 Å². The van der Waals surface area contributed by atoms with E-state index in [1.165, 1.54) is 31.4 Å². The van der Waals surface area contributed by atoms with Crippen molar-refractivity contribution in [2.75, 3.05) is 19.0 Å². The van der Waals surface area contributed by atoms with E-state index in [1.54, 1.807) is 11.5 Å². The number of rotatable bonds is 7. The summed E-state index contributed by atoms with van der Waals surface area (Å²) in [6.45, 7) is 1.73. The highest BCUT2D eigenvalue weighted by atomic mass is 19.1. The summed E-state index contributed by atoms with van der Waals surface area (Å²) in [5.41, 5.74) is 2.00. The lowest BCUT2D eigenvalue weighted by atomic mass is 10.3. The van der Waals surface area contributed by atoms with Crippen LogP contribution in [0.15, 0.2) is 48.5 Å². The van der Waals surface area contributed by atoms with Crippen molar-refractivity contribution in [3.63, 3.8) is 0 Å². The van der Waals surface area contributed by atoms with Crippen LogP contribution in [0.25, 0.3) is 11.0 Å². The highest BCUT2D eigenvalue weighted by Gasteiger charge is 2.20. The molecule has 0 aliphatic carbocycles. The molecule has 1 unspecified atom stereocenters. The lowest BCUT2D eigenvalue weighted by Crippen LogP contribution is -2.32. The number of imidazole rings is 1. The van der Waals surface area contributed by atoms with Crippen LogP contribution in [0.3, 0.4) is 0 Å². The minimum absolute atomic E-state index is 0.00227. The molecule has 1 aromatic heterocycles. The van der Waals surface area contributed by atoms with Crippen LogP contribution in [0.1, 0.15) is 18.8 Å². The first-order valence-corrected chi connectivity index (χ1v) is 8.77. The van der Waals surface area contributed by atoms with Crippen molar-refractivity contribution >= 4 is 28.5 Å². The Balaban J connectivity index is 1.84. The molecule has 0 aliphatic rings. The van der Waals surface area contributed by atoms with Crippen molar-refractivity contribution in [3.8, 4) is 0 Å². The van der Waals surface area contributed by atoms with Gasteiger partial charge in [-0.3, -0.25) is 9.59 Å². The Morgan fingerprint density at radius 1 is 1.14 bits per heavy atom. The summed E-state index contributed by atoms with van der Waals surface area (Å²) in [7, 11) is 1.44.